The lowest BCUT2D eigenvalue weighted by molar-refractivity contribution is -0.145. The molecule has 2 aliphatic rings. The number of hydrogen-bond acceptors (Lipinski definition) is 7. The van der Waals surface area contributed by atoms with Gasteiger partial charge in [0.2, 0.25) is 0 Å². The van der Waals surface area contributed by atoms with Crippen molar-refractivity contribution in [1.82, 2.24) is 4.90 Å². The van der Waals surface area contributed by atoms with E-state index in [4.69, 9.17) is 58.5 Å². The first-order valence-corrected chi connectivity index (χ1v) is 20.2. The Morgan fingerprint density at radius 2 is 1.55 bits per heavy atom. The number of hydrogen-bond donors (Lipinski definition) is 1. The maximum absolute atomic E-state index is 12.7. The molecule has 4 aromatic carbocycles. The van der Waals surface area contributed by atoms with Gasteiger partial charge in [-0.2, -0.15) is 0 Å². The summed E-state index contributed by atoms with van der Waals surface area (Å²) in [5.74, 6) is 0.663. The largest absolute Gasteiger partial charge is 0.493 e. The molecule has 0 bridgehead atoms. The summed E-state index contributed by atoms with van der Waals surface area (Å²) in [6.07, 6.45) is -0.521. The van der Waals surface area contributed by atoms with E-state index >= 15 is 0 Å². The second kappa shape index (κ2) is 19.6. The van der Waals surface area contributed by atoms with E-state index in [1.54, 1.807) is 12.1 Å². The number of carbonyl (C=O) groups is 1. The average Bonchev–Trinajstić information content (AvgIpc) is 3.18. The van der Waals surface area contributed by atoms with Crippen molar-refractivity contribution in [2.24, 2.45) is 5.92 Å². The summed E-state index contributed by atoms with van der Waals surface area (Å²) in [7, 11) is 0. The number of aliphatic carboxylic acids is 1. The molecule has 5 atom stereocenters. The maximum atomic E-state index is 12.7. The third-order valence-electron chi connectivity index (χ3n) is 10.6. The van der Waals surface area contributed by atoms with Crippen LogP contribution in [0.5, 0.6) is 17.2 Å². The van der Waals surface area contributed by atoms with Crippen molar-refractivity contribution in [1.29, 1.82) is 0 Å². The smallest absolute Gasteiger partial charge is 0.345 e. The van der Waals surface area contributed by atoms with Gasteiger partial charge in [-0.1, -0.05) is 71.2 Å². The minimum atomic E-state index is -1.17. The Balaban J connectivity index is 1.20. The van der Waals surface area contributed by atoms with Crippen LogP contribution < -0.4 is 14.2 Å². The third kappa shape index (κ3) is 11.0. The van der Waals surface area contributed by atoms with Crippen LogP contribution in [0.2, 0.25) is 15.1 Å². The molecule has 2 saturated heterocycles. The minimum Gasteiger partial charge on any atom is -0.493 e. The quantitative estimate of drug-likeness (QED) is 0.112. The molecular formula is C45H50Cl3NO7. The van der Waals surface area contributed by atoms with E-state index in [-0.39, 0.29) is 24.4 Å². The first kappa shape index (κ1) is 41.9. The highest BCUT2D eigenvalue weighted by Crippen LogP contribution is 2.49. The zero-order valence-corrected chi connectivity index (χ0v) is 34.4. The summed E-state index contributed by atoms with van der Waals surface area (Å²) in [6, 6.07) is 24.5. The molecule has 2 aliphatic heterocycles. The third-order valence-corrected chi connectivity index (χ3v) is 11.7. The lowest BCUT2D eigenvalue weighted by Gasteiger charge is -2.43. The van der Waals surface area contributed by atoms with Crippen molar-refractivity contribution in [3.8, 4) is 17.2 Å². The van der Waals surface area contributed by atoms with E-state index < -0.39 is 18.2 Å². The van der Waals surface area contributed by atoms with Crippen LogP contribution >= 0.6 is 34.8 Å². The van der Waals surface area contributed by atoms with Crippen LogP contribution in [-0.4, -0.2) is 74.2 Å². The molecule has 298 valence electrons. The first-order valence-electron chi connectivity index (χ1n) is 19.1. The SMILES string of the molecule is C=C(C)[C@@H]1C[C@@H](c2ccc(Cl)cc2)[C@@H](CCOc2cc(C)c(Cl)c(C)c2)O[C@H]1c1cc(Cl)ccc1OC(Cc1ccc(OCCN2CCOCC2)cc1)C(=O)O. The van der Waals surface area contributed by atoms with Crippen LogP contribution in [0.1, 0.15) is 59.6 Å². The number of carboxylic acid groups (broad SMARTS) is 1. The number of ether oxygens (including phenoxy) is 5. The fourth-order valence-electron chi connectivity index (χ4n) is 7.52. The minimum absolute atomic E-state index is 0.00384. The molecule has 11 heteroatoms. The van der Waals surface area contributed by atoms with Gasteiger partial charge in [-0.25, -0.2) is 4.79 Å². The number of carboxylic acids is 1. The lowest BCUT2D eigenvalue weighted by atomic mass is 9.75. The molecule has 0 spiro atoms. The summed E-state index contributed by atoms with van der Waals surface area (Å²) in [5, 5.41) is 12.3. The van der Waals surface area contributed by atoms with Crippen LogP contribution in [0.25, 0.3) is 0 Å². The fraction of sp³-hybridized carbons (Fsp3) is 0.400. The zero-order valence-electron chi connectivity index (χ0n) is 32.1. The number of nitrogens with zero attached hydrogens (tertiary/aromatic N) is 1. The van der Waals surface area contributed by atoms with Crippen molar-refractivity contribution in [2.75, 3.05) is 46.1 Å². The van der Waals surface area contributed by atoms with Crippen LogP contribution in [0.3, 0.4) is 0 Å². The molecule has 0 amide bonds. The van der Waals surface area contributed by atoms with Crippen molar-refractivity contribution in [3.63, 3.8) is 0 Å². The van der Waals surface area contributed by atoms with E-state index in [1.165, 1.54) is 0 Å². The Hall–Kier alpha value is -3.76. The molecule has 2 fully saturated rings. The number of rotatable bonds is 16. The molecule has 6 rings (SSSR count). The lowest BCUT2D eigenvalue weighted by Crippen LogP contribution is -2.38. The number of halogens is 3. The van der Waals surface area contributed by atoms with E-state index in [0.717, 1.165) is 83.6 Å². The van der Waals surface area contributed by atoms with Gasteiger partial charge in [0.1, 0.15) is 23.9 Å². The van der Waals surface area contributed by atoms with Crippen LogP contribution in [0.15, 0.2) is 91.0 Å². The summed E-state index contributed by atoms with van der Waals surface area (Å²) in [5.41, 5.74) is 5.42. The van der Waals surface area contributed by atoms with Gasteiger partial charge in [-0.05, 0) is 104 Å². The van der Waals surface area contributed by atoms with Crippen LogP contribution in [0.4, 0.5) is 0 Å². The molecule has 1 unspecified atom stereocenters. The topological polar surface area (TPSA) is 86.7 Å². The number of morpholine rings is 1. The molecule has 0 aliphatic carbocycles. The molecule has 56 heavy (non-hydrogen) atoms. The summed E-state index contributed by atoms with van der Waals surface area (Å²) >= 11 is 19.4. The van der Waals surface area contributed by atoms with E-state index in [9.17, 15) is 9.90 Å². The Bertz CT molecular complexity index is 1930. The van der Waals surface area contributed by atoms with Crippen LogP contribution in [-0.2, 0) is 20.7 Å². The Kier molecular flexibility index (Phi) is 14.6. The van der Waals surface area contributed by atoms with Gasteiger partial charge in [0.25, 0.3) is 0 Å². The monoisotopic (exact) mass is 821 g/mol. The Morgan fingerprint density at radius 3 is 2.21 bits per heavy atom. The molecule has 8 nitrogen and oxygen atoms in total. The van der Waals surface area contributed by atoms with Gasteiger partial charge in [-0.15, -0.1) is 0 Å². The summed E-state index contributed by atoms with van der Waals surface area (Å²) in [4.78, 5) is 15.0. The van der Waals surface area contributed by atoms with E-state index in [0.29, 0.717) is 41.0 Å². The highest BCUT2D eigenvalue weighted by molar-refractivity contribution is 6.32. The molecule has 4 aromatic rings. The fourth-order valence-corrected chi connectivity index (χ4v) is 7.94. The van der Waals surface area contributed by atoms with Crippen molar-refractivity contribution < 1.29 is 33.6 Å². The van der Waals surface area contributed by atoms with Gasteiger partial charge < -0.3 is 28.8 Å². The predicted octanol–water partition coefficient (Wildman–Crippen LogP) is 10.3. The van der Waals surface area contributed by atoms with Gasteiger partial charge in [0.05, 0.1) is 32.0 Å². The zero-order chi connectivity index (χ0) is 39.8. The Morgan fingerprint density at radius 1 is 0.893 bits per heavy atom. The molecule has 1 N–H and O–H groups in total. The molecule has 0 saturated carbocycles. The predicted molar refractivity (Wildman–Crippen MR) is 222 cm³/mol. The summed E-state index contributed by atoms with van der Waals surface area (Å²) in [6.45, 7) is 15.4. The van der Waals surface area contributed by atoms with E-state index in [2.05, 4.69) is 11.5 Å². The van der Waals surface area contributed by atoms with E-state index in [1.807, 2.05) is 87.5 Å². The highest BCUT2D eigenvalue weighted by atomic mass is 35.5. The van der Waals surface area contributed by atoms with Gasteiger partial charge in [0, 0.05) is 64.9 Å². The second-order valence-electron chi connectivity index (χ2n) is 14.7. The van der Waals surface area contributed by atoms with Crippen molar-refractivity contribution >= 4 is 40.8 Å². The maximum Gasteiger partial charge on any atom is 0.345 e. The van der Waals surface area contributed by atoms with Gasteiger partial charge in [-0.3, -0.25) is 4.90 Å². The van der Waals surface area contributed by atoms with Crippen molar-refractivity contribution in [3.05, 3.63) is 134 Å². The number of benzene rings is 4. The standard InChI is InChI=1S/C45H50Cl3NO7/c1-28(2)37-27-38(32-7-9-33(46)10-8-32)41(15-19-53-36-23-29(3)43(48)30(4)24-36)56-44(37)39-26-34(47)11-14-40(39)55-42(45(50)51)25-31-5-12-35(13-6-31)54-22-18-49-16-20-52-21-17-49/h5-14,23-24,26,37-38,41-42,44H,1,15-22,25,27H2,2-4H3,(H,50,51)/t37-,38-,41+,42?,44+/m0/s1. The van der Waals surface area contributed by atoms with Crippen molar-refractivity contribution in [2.45, 2.75) is 64.3 Å². The van der Waals surface area contributed by atoms with Gasteiger partial charge in [0.15, 0.2) is 6.10 Å². The summed E-state index contributed by atoms with van der Waals surface area (Å²) < 4.78 is 31.1. The molecule has 0 radical (unpaired) electrons. The molecule has 0 aromatic heterocycles. The normalized spacial score (nSPS) is 20.6. The number of aryl methyl sites for hydroxylation is 2. The highest BCUT2D eigenvalue weighted by Gasteiger charge is 2.41. The Labute approximate surface area is 345 Å². The first-order chi connectivity index (χ1) is 26.9. The van der Waals surface area contributed by atoms with Gasteiger partial charge >= 0.3 is 5.97 Å². The molecular weight excluding hydrogens is 773 g/mol. The average molecular weight is 823 g/mol. The van der Waals surface area contributed by atoms with Crippen LogP contribution in [0, 0.1) is 19.8 Å². The molecule has 2 heterocycles. The second-order valence-corrected chi connectivity index (χ2v) is 16.0.